The van der Waals surface area contributed by atoms with Crippen LogP contribution in [-0.4, -0.2) is 21.4 Å². The Balaban J connectivity index is 1.65. The van der Waals surface area contributed by atoms with Gasteiger partial charge in [0.15, 0.2) is 0 Å². The lowest BCUT2D eigenvalue weighted by atomic mass is 10.1. The topological polar surface area (TPSA) is 93.1 Å². The van der Waals surface area contributed by atoms with Gasteiger partial charge in [-0.1, -0.05) is 41.4 Å². The lowest BCUT2D eigenvalue weighted by molar-refractivity contribution is -0.118. The lowest BCUT2D eigenvalue weighted by Crippen LogP contribution is -2.31. The smallest absolute Gasteiger partial charge is 0.266 e. The van der Waals surface area contributed by atoms with Gasteiger partial charge in [0.1, 0.15) is 10.9 Å². The molecule has 4 rings (SSSR count). The van der Waals surface area contributed by atoms with Crippen LogP contribution in [0.15, 0.2) is 53.6 Å². The number of nitrogens with one attached hydrogen (secondary N) is 2. The summed E-state index contributed by atoms with van der Waals surface area (Å²) in [5.41, 5.74) is 2.07. The van der Waals surface area contributed by atoms with E-state index < -0.39 is 17.5 Å². The number of nitrogens with zero attached hydrogens (tertiary/aromatic N) is 2. The van der Waals surface area contributed by atoms with Crippen LogP contribution in [-0.2, 0) is 4.79 Å². The maximum atomic E-state index is 13.3. The number of thiophene rings is 1. The zero-order valence-corrected chi connectivity index (χ0v) is 20.8. The fourth-order valence-electron chi connectivity index (χ4n) is 3.48. The summed E-state index contributed by atoms with van der Waals surface area (Å²) >= 11 is 13.3. The van der Waals surface area contributed by atoms with E-state index >= 15 is 0 Å². The first-order valence-electron chi connectivity index (χ1n) is 10.3. The molecule has 2 aromatic heterocycles. The van der Waals surface area contributed by atoms with Crippen LogP contribution < -0.4 is 16.2 Å². The van der Waals surface area contributed by atoms with Crippen molar-refractivity contribution in [3.63, 3.8) is 0 Å². The number of halogens is 2. The van der Waals surface area contributed by atoms with Crippen molar-refractivity contribution in [1.29, 1.82) is 0 Å². The Morgan fingerprint density at radius 3 is 2.53 bits per heavy atom. The molecule has 1 atom stereocenters. The van der Waals surface area contributed by atoms with E-state index in [0.29, 0.717) is 42.1 Å². The number of para-hydroxylation sites is 1. The maximum absolute atomic E-state index is 13.3. The highest BCUT2D eigenvalue weighted by atomic mass is 35.5. The highest BCUT2D eigenvalue weighted by Gasteiger charge is 2.23. The third-order valence-corrected chi connectivity index (χ3v) is 7.22. The van der Waals surface area contributed by atoms with Crippen molar-refractivity contribution < 1.29 is 9.59 Å². The summed E-state index contributed by atoms with van der Waals surface area (Å²) in [4.78, 5) is 44.2. The molecule has 0 spiro atoms. The highest BCUT2D eigenvalue weighted by Crippen LogP contribution is 2.29. The van der Waals surface area contributed by atoms with Gasteiger partial charge in [0, 0.05) is 10.7 Å². The molecule has 2 heterocycles. The lowest BCUT2D eigenvalue weighted by Gasteiger charge is -2.15. The minimum absolute atomic E-state index is 0.308. The van der Waals surface area contributed by atoms with Crippen molar-refractivity contribution in [2.75, 3.05) is 10.6 Å². The average molecular weight is 515 g/mol. The minimum atomic E-state index is -0.886. The van der Waals surface area contributed by atoms with E-state index in [4.69, 9.17) is 23.2 Å². The molecule has 0 radical (unpaired) electrons. The molecule has 10 heteroatoms. The van der Waals surface area contributed by atoms with Crippen LogP contribution in [0.25, 0.3) is 10.2 Å². The summed E-state index contributed by atoms with van der Waals surface area (Å²) in [6, 6.07) is 11.3. The average Bonchev–Trinajstić information content (AvgIpc) is 3.15. The molecular weight excluding hydrogens is 495 g/mol. The minimum Gasteiger partial charge on any atom is -0.323 e. The summed E-state index contributed by atoms with van der Waals surface area (Å²) in [5.74, 6) is -0.778. The molecule has 7 nitrogen and oxygen atoms in total. The molecule has 34 heavy (non-hydrogen) atoms. The second-order valence-electron chi connectivity index (χ2n) is 7.75. The van der Waals surface area contributed by atoms with Crippen molar-refractivity contribution in [2.45, 2.75) is 26.8 Å². The molecule has 0 fully saturated rings. The van der Waals surface area contributed by atoms with Gasteiger partial charge in [0.2, 0.25) is 5.91 Å². The van der Waals surface area contributed by atoms with Crippen LogP contribution in [0.1, 0.15) is 33.8 Å². The predicted octanol–water partition coefficient (Wildman–Crippen LogP) is 5.83. The molecule has 0 unspecified atom stereocenters. The molecule has 0 saturated carbocycles. The largest absolute Gasteiger partial charge is 0.323 e. The second-order valence-corrected chi connectivity index (χ2v) is 9.59. The van der Waals surface area contributed by atoms with Gasteiger partial charge in [-0.05, 0) is 56.2 Å². The number of aryl methyl sites for hydroxylation is 2. The summed E-state index contributed by atoms with van der Waals surface area (Å²) < 4.78 is 1.23. The van der Waals surface area contributed by atoms with Gasteiger partial charge in [-0.15, -0.1) is 11.3 Å². The van der Waals surface area contributed by atoms with Crippen molar-refractivity contribution in [3.8, 4) is 0 Å². The number of aromatic nitrogens is 2. The van der Waals surface area contributed by atoms with E-state index in [1.165, 1.54) is 17.0 Å². The summed E-state index contributed by atoms with van der Waals surface area (Å²) in [6.45, 7) is 5.18. The van der Waals surface area contributed by atoms with Crippen LogP contribution in [0, 0.1) is 13.8 Å². The van der Waals surface area contributed by atoms with Gasteiger partial charge in [0.25, 0.3) is 11.5 Å². The highest BCUT2D eigenvalue weighted by molar-refractivity contribution is 7.20. The van der Waals surface area contributed by atoms with Crippen molar-refractivity contribution in [2.24, 2.45) is 0 Å². The molecule has 0 aliphatic rings. The summed E-state index contributed by atoms with van der Waals surface area (Å²) in [5, 5.41) is 6.62. The van der Waals surface area contributed by atoms with Crippen molar-refractivity contribution in [3.05, 3.63) is 85.2 Å². The normalized spacial score (nSPS) is 11.9. The number of fused-ring (bicyclic) bond motifs is 1. The number of amides is 2. The molecule has 174 valence electrons. The number of hydrogen-bond donors (Lipinski definition) is 2. The maximum Gasteiger partial charge on any atom is 0.266 e. The Kier molecular flexibility index (Phi) is 6.74. The molecule has 4 aromatic rings. The monoisotopic (exact) mass is 514 g/mol. The summed E-state index contributed by atoms with van der Waals surface area (Å²) in [6.07, 6.45) is 1.31. The first kappa shape index (κ1) is 23.9. The fourth-order valence-corrected chi connectivity index (χ4v) is 4.85. The van der Waals surface area contributed by atoms with E-state index in [-0.39, 0.29) is 5.91 Å². The molecule has 0 bridgehead atoms. The Morgan fingerprint density at radius 2 is 1.79 bits per heavy atom. The molecule has 0 saturated heterocycles. The van der Waals surface area contributed by atoms with Crippen LogP contribution in [0.2, 0.25) is 10.0 Å². The van der Waals surface area contributed by atoms with Gasteiger partial charge >= 0.3 is 0 Å². The van der Waals surface area contributed by atoms with Crippen LogP contribution in [0.3, 0.4) is 0 Å². The van der Waals surface area contributed by atoms with E-state index in [1.807, 2.05) is 31.2 Å². The molecular formula is C24H20Cl2N4O3S. The van der Waals surface area contributed by atoms with Crippen LogP contribution in [0.5, 0.6) is 0 Å². The number of carbonyl (C=O) groups excluding carboxylic acids is 2. The number of benzene rings is 2. The fraction of sp³-hybridized carbons (Fsp3) is 0.167. The van der Waals surface area contributed by atoms with E-state index in [9.17, 15) is 14.4 Å². The molecule has 2 aromatic carbocycles. The Morgan fingerprint density at radius 1 is 1.06 bits per heavy atom. The van der Waals surface area contributed by atoms with Crippen molar-refractivity contribution >= 4 is 67.9 Å². The third-order valence-electron chi connectivity index (χ3n) is 5.46. The van der Waals surface area contributed by atoms with Gasteiger partial charge in [-0.2, -0.15) is 0 Å². The first-order chi connectivity index (χ1) is 16.2. The SMILES string of the molecule is Cc1ccccc1NC(=O)c1sc2ncn([C@H](C)C(=O)Nc3cc(Cl)ccc3Cl)c(=O)c2c1C. The van der Waals surface area contributed by atoms with Gasteiger partial charge in [-0.25, -0.2) is 4.98 Å². The zero-order chi connectivity index (χ0) is 24.6. The van der Waals surface area contributed by atoms with E-state index in [1.54, 1.807) is 26.0 Å². The first-order valence-corrected chi connectivity index (χ1v) is 11.9. The van der Waals surface area contributed by atoms with Gasteiger partial charge in [-0.3, -0.25) is 19.0 Å². The summed E-state index contributed by atoms with van der Waals surface area (Å²) in [7, 11) is 0. The van der Waals surface area contributed by atoms with E-state index in [2.05, 4.69) is 15.6 Å². The quantitative estimate of drug-likeness (QED) is 0.350. The standard InChI is InChI=1S/C24H20Cl2N4O3S/c1-12-6-4-5-7-17(12)28-22(32)20-13(2)19-23(34-20)27-11-30(24(19)33)14(3)21(31)29-18-10-15(25)8-9-16(18)26/h4-11,14H,1-3H3,(H,28,32)(H,29,31)/t14-/m1/s1. The van der Waals surface area contributed by atoms with Crippen LogP contribution >= 0.6 is 34.5 Å². The molecule has 2 amide bonds. The predicted molar refractivity (Wildman–Crippen MR) is 138 cm³/mol. The third kappa shape index (κ3) is 4.57. The molecule has 0 aliphatic heterocycles. The Hall–Kier alpha value is -3.20. The Labute approximate surface area is 209 Å². The number of rotatable bonds is 5. The van der Waals surface area contributed by atoms with Crippen LogP contribution in [0.4, 0.5) is 11.4 Å². The molecule has 2 N–H and O–H groups in total. The van der Waals surface area contributed by atoms with Gasteiger partial charge < -0.3 is 10.6 Å². The number of carbonyl (C=O) groups is 2. The Bertz CT molecular complexity index is 1500. The zero-order valence-electron chi connectivity index (χ0n) is 18.5. The van der Waals surface area contributed by atoms with E-state index in [0.717, 1.165) is 16.9 Å². The van der Waals surface area contributed by atoms with Gasteiger partial charge in [0.05, 0.1) is 27.3 Å². The van der Waals surface area contributed by atoms with Crippen molar-refractivity contribution in [1.82, 2.24) is 9.55 Å². The second kappa shape index (κ2) is 9.58. The number of anilines is 2. The number of hydrogen-bond acceptors (Lipinski definition) is 5. The molecule has 0 aliphatic carbocycles.